The maximum atomic E-state index is 11.5. The molecular formula is C27H31N3O2. The van der Waals surface area contributed by atoms with Crippen LogP contribution in [-0.2, 0) is 11.8 Å². The maximum Gasteiger partial charge on any atom is 0.211 e. The Morgan fingerprint density at radius 3 is 2.09 bits per heavy atom. The highest BCUT2D eigenvalue weighted by atomic mass is 16.1. The first-order valence-corrected chi connectivity index (χ1v) is 10.6. The molecule has 0 aliphatic heterocycles. The van der Waals surface area contributed by atoms with Crippen molar-refractivity contribution in [2.45, 2.75) is 27.7 Å². The number of hydrogen-bond acceptors (Lipinski definition) is 3. The second-order valence-corrected chi connectivity index (χ2v) is 7.17. The molecule has 32 heavy (non-hydrogen) atoms. The number of anilines is 2. The molecular weight excluding hydrogens is 398 g/mol. The Hall–Kier alpha value is -3.86. The SMILES string of the molecule is CC.CC(=O)c1ccc2c(c1)cc(-c1ccc(NC=O)cc1)n2C.Cc1ccc(N)cc1. The van der Waals surface area contributed by atoms with Crippen LogP contribution in [0, 0.1) is 6.92 Å². The van der Waals surface area contributed by atoms with E-state index in [4.69, 9.17) is 5.73 Å². The van der Waals surface area contributed by atoms with Crippen LogP contribution in [0.4, 0.5) is 11.4 Å². The third kappa shape index (κ3) is 6.08. The highest BCUT2D eigenvalue weighted by Crippen LogP contribution is 2.28. The second kappa shape index (κ2) is 11.5. The van der Waals surface area contributed by atoms with Crippen molar-refractivity contribution in [3.05, 3.63) is 83.9 Å². The van der Waals surface area contributed by atoms with Gasteiger partial charge in [-0.25, -0.2) is 0 Å². The number of carbonyl (C=O) groups excluding carboxylic acids is 2. The molecule has 1 heterocycles. The van der Waals surface area contributed by atoms with Gasteiger partial charge < -0.3 is 15.6 Å². The molecule has 5 nitrogen and oxygen atoms in total. The third-order valence-corrected chi connectivity index (χ3v) is 4.93. The van der Waals surface area contributed by atoms with E-state index in [0.29, 0.717) is 6.41 Å². The van der Waals surface area contributed by atoms with Crippen molar-refractivity contribution < 1.29 is 9.59 Å². The van der Waals surface area contributed by atoms with Crippen molar-refractivity contribution in [3.63, 3.8) is 0 Å². The van der Waals surface area contributed by atoms with E-state index in [0.717, 1.165) is 39.1 Å². The fourth-order valence-corrected chi connectivity index (χ4v) is 3.22. The van der Waals surface area contributed by atoms with E-state index in [9.17, 15) is 9.59 Å². The number of Topliss-reactive ketones (excluding diaryl/α,β-unsaturated/α-hetero) is 1. The molecule has 4 aromatic rings. The van der Waals surface area contributed by atoms with E-state index in [1.807, 2.05) is 94.5 Å². The van der Waals surface area contributed by atoms with Crippen LogP contribution in [0.2, 0.25) is 0 Å². The van der Waals surface area contributed by atoms with Gasteiger partial charge in [-0.15, -0.1) is 0 Å². The summed E-state index contributed by atoms with van der Waals surface area (Å²) in [6, 6.07) is 23.3. The Balaban J connectivity index is 0.000000304. The molecule has 0 unspecified atom stereocenters. The Morgan fingerprint density at radius 1 is 0.938 bits per heavy atom. The van der Waals surface area contributed by atoms with Crippen molar-refractivity contribution in [1.29, 1.82) is 0 Å². The van der Waals surface area contributed by atoms with Gasteiger partial charge in [-0.05, 0) is 67.9 Å². The Bertz CT molecular complexity index is 1150. The number of nitrogens with one attached hydrogen (secondary N) is 1. The number of nitrogen functional groups attached to an aromatic ring is 1. The van der Waals surface area contributed by atoms with Gasteiger partial charge in [-0.2, -0.15) is 0 Å². The zero-order chi connectivity index (χ0) is 23.7. The van der Waals surface area contributed by atoms with Gasteiger partial charge >= 0.3 is 0 Å². The molecule has 0 fully saturated rings. The normalized spacial score (nSPS) is 9.78. The van der Waals surface area contributed by atoms with Gasteiger partial charge in [0.15, 0.2) is 5.78 Å². The quantitative estimate of drug-likeness (QED) is 0.230. The van der Waals surface area contributed by atoms with Gasteiger partial charge in [0.2, 0.25) is 6.41 Å². The number of benzene rings is 3. The molecule has 3 N–H and O–H groups in total. The number of carbonyl (C=O) groups is 2. The predicted octanol–water partition coefficient (Wildman–Crippen LogP) is 6.22. The molecule has 1 aromatic heterocycles. The number of aryl methyl sites for hydroxylation is 2. The van der Waals surface area contributed by atoms with Crippen molar-refractivity contribution in [2.24, 2.45) is 7.05 Å². The first kappa shape index (κ1) is 24.4. The number of ketones is 1. The van der Waals surface area contributed by atoms with Crippen LogP contribution in [0.15, 0.2) is 72.8 Å². The lowest BCUT2D eigenvalue weighted by Crippen LogP contribution is -1.95. The number of nitrogens with two attached hydrogens (primary N) is 1. The van der Waals surface area contributed by atoms with Gasteiger partial charge in [0.1, 0.15) is 0 Å². The molecule has 0 saturated heterocycles. The van der Waals surface area contributed by atoms with Gasteiger partial charge in [0, 0.05) is 40.6 Å². The van der Waals surface area contributed by atoms with E-state index in [1.54, 1.807) is 6.92 Å². The number of hydrogen-bond donors (Lipinski definition) is 2. The molecule has 166 valence electrons. The van der Waals surface area contributed by atoms with E-state index in [-0.39, 0.29) is 5.78 Å². The second-order valence-electron chi connectivity index (χ2n) is 7.17. The summed E-state index contributed by atoms with van der Waals surface area (Å²) >= 11 is 0. The minimum absolute atomic E-state index is 0.0663. The largest absolute Gasteiger partial charge is 0.399 e. The van der Waals surface area contributed by atoms with Gasteiger partial charge in [0.05, 0.1) is 0 Å². The lowest BCUT2D eigenvalue weighted by molar-refractivity contribution is -0.105. The molecule has 1 amide bonds. The fourth-order valence-electron chi connectivity index (χ4n) is 3.22. The molecule has 4 rings (SSSR count). The van der Waals surface area contributed by atoms with Crippen LogP contribution in [0.25, 0.3) is 22.2 Å². The monoisotopic (exact) mass is 429 g/mol. The van der Waals surface area contributed by atoms with Crippen LogP contribution in [-0.4, -0.2) is 16.8 Å². The third-order valence-electron chi connectivity index (χ3n) is 4.93. The first-order chi connectivity index (χ1) is 15.4. The Morgan fingerprint density at radius 2 is 1.56 bits per heavy atom. The van der Waals surface area contributed by atoms with Crippen molar-refractivity contribution in [3.8, 4) is 11.3 Å². The Kier molecular flexibility index (Phi) is 8.78. The molecule has 5 heteroatoms. The average Bonchev–Trinajstić information content (AvgIpc) is 3.14. The molecule has 0 atom stereocenters. The highest BCUT2D eigenvalue weighted by molar-refractivity contribution is 5.99. The number of rotatable bonds is 4. The van der Waals surface area contributed by atoms with E-state index < -0.39 is 0 Å². The average molecular weight is 430 g/mol. The number of amides is 1. The van der Waals surface area contributed by atoms with E-state index in [2.05, 4.69) is 16.0 Å². The minimum atomic E-state index is 0.0663. The van der Waals surface area contributed by atoms with E-state index >= 15 is 0 Å². The van der Waals surface area contributed by atoms with Gasteiger partial charge in [-0.1, -0.05) is 43.7 Å². The summed E-state index contributed by atoms with van der Waals surface area (Å²) in [6.07, 6.45) is 0.662. The maximum absolute atomic E-state index is 11.5. The zero-order valence-corrected chi connectivity index (χ0v) is 19.3. The summed E-state index contributed by atoms with van der Waals surface area (Å²) in [7, 11) is 2.00. The lowest BCUT2D eigenvalue weighted by atomic mass is 10.1. The number of nitrogens with zero attached hydrogens (tertiary/aromatic N) is 1. The Labute approximate surface area is 189 Å². The smallest absolute Gasteiger partial charge is 0.211 e. The van der Waals surface area contributed by atoms with Crippen molar-refractivity contribution in [1.82, 2.24) is 4.57 Å². The van der Waals surface area contributed by atoms with E-state index in [1.165, 1.54) is 5.56 Å². The van der Waals surface area contributed by atoms with Crippen LogP contribution in [0.3, 0.4) is 0 Å². The molecule has 0 saturated carbocycles. The fraction of sp³-hybridized carbons (Fsp3) is 0.185. The summed E-state index contributed by atoms with van der Waals surface area (Å²) in [5.74, 6) is 0.0663. The minimum Gasteiger partial charge on any atom is -0.399 e. The van der Waals surface area contributed by atoms with Crippen LogP contribution < -0.4 is 11.1 Å². The number of aromatic nitrogens is 1. The molecule has 0 aliphatic rings. The topological polar surface area (TPSA) is 77.1 Å². The van der Waals surface area contributed by atoms with Crippen LogP contribution >= 0.6 is 0 Å². The predicted molar refractivity (Wildman–Crippen MR) is 135 cm³/mol. The van der Waals surface area contributed by atoms with Crippen molar-refractivity contribution >= 4 is 34.5 Å². The standard InChI is InChI=1S/C18H16N2O2.C7H9N.C2H6/c1-12(22)14-5-8-17-15(9-14)10-18(20(17)2)13-3-6-16(7-4-13)19-11-21;1-6-2-4-7(8)5-3-6;1-2/h3-11H,1-2H3,(H,19,21);2-5H,8H2,1H3;1-2H3. The number of fused-ring (bicyclic) bond motifs is 1. The summed E-state index contributed by atoms with van der Waals surface area (Å²) in [5, 5.41) is 3.66. The summed E-state index contributed by atoms with van der Waals surface area (Å²) in [4.78, 5) is 22.0. The van der Waals surface area contributed by atoms with Gasteiger partial charge in [0.25, 0.3) is 0 Å². The molecule has 0 aliphatic carbocycles. The first-order valence-electron chi connectivity index (χ1n) is 10.6. The lowest BCUT2D eigenvalue weighted by Gasteiger charge is -2.06. The van der Waals surface area contributed by atoms with Crippen LogP contribution in [0.5, 0.6) is 0 Å². The summed E-state index contributed by atoms with van der Waals surface area (Å²) in [6.45, 7) is 7.61. The molecule has 3 aromatic carbocycles. The summed E-state index contributed by atoms with van der Waals surface area (Å²) < 4.78 is 2.10. The molecule has 0 spiro atoms. The van der Waals surface area contributed by atoms with Gasteiger partial charge in [-0.3, -0.25) is 9.59 Å². The van der Waals surface area contributed by atoms with Crippen LogP contribution in [0.1, 0.15) is 36.7 Å². The zero-order valence-electron chi connectivity index (χ0n) is 19.3. The summed E-state index contributed by atoms with van der Waals surface area (Å²) in [5.41, 5.74) is 12.2. The molecule has 0 radical (unpaired) electrons. The van der Waals surface area contributed by atoms with Crippen molar-refractivity contribution in [2.75, 3.05) is 11.1 Å². The highest BCUT2D eigenvalue weighted by Gasteiger charge is 2.09. The molecule has 0 bridgehead atoms.